The molecule has 0 unspecified atom stereocenters. The van der Waals surface area contributed by atoms with Crippen LogP contribution in [0.4, 0.5) is 0 Å². The largest absolute Gasteiger partial charge is 0.461 e. The van der Waals surface area contributed by atoms with Gasteiger partial charge < -0.3 is 4.42 Å². The minimum Gasteiger partial charge on any atom is -0.461 e. The molecule has 0 fully saturated rings. The van der Waals surface area contributed by atoms with Crippen LogP contribution in [0.25, 0.3) is 23.0 Å². The number of para-hydroxylation sites is 1. The van der Waals surface area contributed by atoms with E-state index in [0.717, 1.165) is 22.5 Å². The van der Waals surface area contributed by atoms with Crippen LogP contribution < -0.4 is 0 Å². The average molecular weight is 341 g/mol. The van der Waals surface area contributed by atoms with Crippen molar-refractivity contribution < 1.29 is 9.21 Å². The Bertz CT molecular complexity index is 1030. The normalized spacial score (nSPS) is 11.1. The first-order chi connectivity index (χ1) is 12.8. The van der Waals surface area contributed by atoms with Crippen LogP contribution in [0.3, 0.4) is 0 Å². The fourth-order valence-electron chi connectivity index (χ4n) is 2.62. The van der Waals surface area contributed by atoms with Gasteiger partial charge in [0.25, 0.3) is 0 Å². The van der Waals surface area contributed by atoms with Crippen LogP contribution in [-0.4, -0.2) is 20.5 Å². The zero-order valence-electron chi connectivity index (χ0n) is 13.8. The van der Waals surface area contributed by atoms with Crippen molar-refractivity contribution in [3.05, 3.63) is 96.9 Å². The molecule has 126 valence electrons. The van der Waals surface area contributed by atoms with Crippen LogP contribution in [0.2, 0.25) is 0 Å². The molecule has 26 heavy (non-hydrogen) atoms. The fraction of sp³-hybridized carbons (Fsp3) is 0. The van der Waals surface area contributed by atoms with Gasteiger partial charge in [-0.25, -0.2) is 4.68 Å². The second-order valence-electron chi connectivity index (χ2n) is 5.63. The van der Waals surface area contributed by atoms with Crippen molar-refractivity contribution in [3.8, 4) is 16.9 Å². The Morgan fingerprint density at radius 1 is 1.04 bits per heavy atom. The van der Waals surface area contributed by atoms with E-state index in [9.17, 15) is 4.79 Å². The molecule has 0 aliphatic heterocycles. The van der Waals surface area contributed by atoms with Gasteiger partial charge in [0, 0.05) is 29.7 Å². The number of hydrogen-bond donors (Lipinski definition) is 0. The van der Waals surface area contributed by atoms with Crippen LogP contribution in [0, 0.1) is 0 Å². The fourth-order valence-corrected chi connectivity index (χ4v) is 2.62. The SMILES string of the molecule is O=C(/C=C/c1cn(-c2ccccc2)nc1-c1cccnc1)c1ccco1. The predicted octanol–water partition coefficient (Wildman–Crippen LogP) is 4.42. The third kappa shape index (κ3) is 3.23. The van der Waals surface area contributed by atoms with Crippen molar-refractivity contribution in [1.29, 1.82) is 0 Å². The molecule has 0 saturated carbocycles. The average Bonchev–Trinajstić information content (AvgIpc) is 3.38. The first-order valence-electron chi connectivity index (χ1n) is 8.13. The number of rotatable bonds is 5. The van der Waals surface area contributed by atoms with E-state index < -0.39 is 0 Å². The maximum absolute atomic E-state index is 12.2. The summed E-state index contributed by atoms with van der Waals surface area (Å²) in [5, 5.41) is 4.68. The van der Waals surface area contributed by atoms with E-state index in [-0.39, 0.29) is 5.78 Å². The van der Waals surface area contributed by atoms with Crippen molar-refractivity contribution in [2.24, 2.45) is 0 Å². The number of furan rings is 1. The van der Waals surface area contributed by atoms with Crippen molar-refractivity contribution >= 4 is 11.9 Å². The van der Waals surface area contributed by atoms with Crippen molar-refractivity contribution in [2.45, 2.75) is 0 Å². The number of allylic oxidation sites excluding steroid dienone is 1. The zero-order valence-corrected chi connectivity index (χ0v) is 13.8. The van der Waals surface area contributed by atoms with E-state index in [1.165, 1.54) is 12.3 Å². The molecule has 0 aliphatic carbocycles. The highest BCUT2D eigenvalue weighted by Crippen LogP contribution is 2.24. The number of hydrogen-bond acceptors (Lipinski definition) is 4. The lowest BCUT2D eigenvalue weighted by Gasteiger charge is -1.99. The van der Waals surface area contributed by atoms with E-state index in [2.05, 4.69) is 10.1 Å². The van der Waals surface area contributed by atoms with Crippen molar-refractivity contribution in [2.75, 3.05) is 0 Å². The van der Waals surface area contributed by atoms with Gasteiger partial charge in [0.15, 0.2) is 5.76 Å². The number of benzene rings is 1. The lowest BCUT2D eigenvalue weighted by Crippen LogP contribution is -1.94. The molecule has 3 aromatic heterocycles. The standard InChI is InChI=1S/C21H15N3O2/c25-19(20-9-5-13-26-20)11-10-17-15-24(18-7-2-1-3-8-18)23-21(17)16-6-4-12-22-14-16/h1-15H/b11-10+. The van der Waals surface area contributed by atoms with Gasteiger partial charge in [0.2, 0.25) is 5.78 Å². The number of nitrogens with zero attached hydrogens (tertiary/aromatic N) is 3. The molecule has 0 atom stereocenters. The summed E-state index contributed by atoms with van der Waals surface area (Å²) in [6, 6.07) is 16.9. The molecule has 0 amide bonds. The Morgan fingerprint density at radius 2 is 1.92 bits per heavy atom. The third-order valence-corrected chi connectivity index (χ3v) is 3.88. The molecule has 5 heteroatoms. The summed E-state index contributed by atoms with van der Waals surface area (Å²) in [5.41, 5.74) is 3.40. The van der Waals surface area contributed by atoms with Gasteiger partial charge in [-0.1, -0.05) is 18.2 Å². The van der Waals surface area contributed by atoms with Gasteiger partial charge in [-0.3, -0.25) is 9.78 Å². The van der Waals surface area contributed by atoms with Gasteiger partial charge in [0.05, 0.1) is 12.0 Å². The van der Waals surface area contributed by atoms with Crippen molar-refractivity contribution in [1.82, 2.24) is 14.8 Å². The maximum atomic E-state index is 12.2. The zero-order chi connectivity index (χ0) is 17.8. The van der Waals surface area contributed by atoms with Crippen LogP contribution in [0.1, 0.15) is 16.1 Å². The van der Waals surface area contributed by atoms with E-state index in [4.69, 9.17) is 4.42 Å². The molecule has 0 aliphatic rings. The summed E-state index contributed by atoms with van der Waals surface area (Å²) in [4.78, 5) is 16.3. The van der Waals surface area contributed by atoms with E-state index >= 15 is 0 Å². The lowest BCUT2D eigenvalue weighted by molar-refractivity contribution is 0.102. The van der Waals surface area contributed by atoms with Crippen LogP contribution in [-0.2, 0) is 0 Å². The first kappa shape index (κ1) is 15.8. The first-order valence-corrected chi connectivity index (χ1v) is 8.13. The molecule has 1 aromatic carbocycles. The van der Waals surface area contributed by atoms with E-state index in [1.807, 2.05) is 48.7 Å². The van der Waals surface area contributed by atoms with Crippen LogP contribution in [0.5, 0.6) is 0 Å². The Morgan fingerprint density at radius 3 is 2.65 bits per heavy atom. The Balaban J connectivity index is 1.74. The minimum absolute atomic E-state index is 0.195. The summed E-state index contributed by atoms with van der Waals surface area (Å²) >= 11 is 0. The second kappa shape index (κ2) is 7.03. The molecule has 0 bridgehead atoms. The number of ketones is 1. The Kier molecular flexibility index (Phi) is 4.26. The molecular weight excluding hydrogens is 326 g/mol. The van der Waals surface area contributed by atoms with Gasteiger partial charge in [0.1, 0.15) is 5.69 Å². The lowest BCUT2D eigenvalue weighted by atomic mass is 10.1. The topological polar surface area (TPSA) is 60.9 Å². The molecule has 3 heterocycles. The van der Waals surface area contributed by atoms with Crippen LogP contribution in [0.15, 0.2) is 89.9 Å². The molecule has 0 saturated heterocycles. The molecule has 0 radical (unpaired) electrons. The Hall–Kier alpha value is -3.73. The number of carbonyl (C=O) groups excluding carboxylic acids is 1. The summed E-state index contributed by atoms with van der Waals surface area (Å²) in [6.07, 6.45) is 10.1. The molecular formula is C21H15N3O2. The molecule has 4 aromatic rings. The highest BCUT2D eigenvalue weighted by Gasteiger charge is 2.11. The molecule has 5 nitrogen and oxygen atoms in total. The second-order valence-corrected chi connectivity index (χ2v) is 5.63. The smallest absolute Gasteiger partial charge is 0.221 e. The summed E-state index contributed by atoms with van der Waals surface area (Å²) < 4.78 is 6.93. The number of carbonyl (C=O) groups is 1. The predicted molar refractivity (Wildman–Crippen MR) is 98.9 cm³/mol. The van der Waals surface area contributed by atoms with Gasteiger partial charge in [-0.2, -0.15) is 5.10 Å². The number of aromatic nitrogens is 3. The van der Waals surface area contributed by atoms with E-state index in [0.29, 0.717) is 5.76 Å². The Labute approximate surface area is 150 Å². The van der Waals surface area contributed by atoms with Gasteiger partial charge in [-0.15, -0.1) is 0 Å². The highest BCUT2D eigenvalue weighted by molar-refractivity contribution is 6.05. The minimum atomic E-state index is -0.195. The van der Waals surface area contributed by atoms with E-state index in [1.54, 1.807) is 35.3 Å². The monoisotopic (exact) mass is 341 g/mol. The summed E-state index contributed by atoms with van der Waals surface area (Å²) in [5.74, 6) is 0.110. The summed E-state index contributed by atoms with van der Waals surface area (Å²) in [6.45, 7) is 0. The number of pyridine rings is 1. The third-order valence-electron chi connectivity index (χ3n) is 3.88. The maximum Gasteiger partial charge on any atom is 0.221 e. The van der Waals surface area contributed by atoms with Gasteiger partial charge in [-0.05, 0) is 48.6 Å². The van der Waals surface area contributed by atoms with Gasteiger partial charge >= 0.3 is 0 Å². The molecule has 0 N–H and O–H groups in total. The summed E-state index contributed by atoms with van der Waals surface area (Å²) in [7, 11) is 0. The molecule has 4 rings (SSSR count). The quantitative estimate of drug-likeness (QED) is 0.398. The van der Waals surface area contributed by atoms with Crippen molar-refractivity contribution in [3.63, 3.8) is 0 Å². The van der Waals surface area contributed by atoms with Crippen LogP contribution >= 0.6 is 0 Å². The highest BCUT2D eigenvalue weighted by atomic mass is 16.3. The molecule has 0 spiro atoms.